The molecule has 0 atom stereocenters. The standard InChI is InChI=1S/C13H17ClO2Si/c1-10(15)9-13(16-17(2,3)4)11-7-5-6-8-12(11)14/h5-9H,1-4H3/b13-9+. The van der Waals surface area contributed by atoms with Gasteiger partial charge in [-0.25, -0.2) is 0 Å². The second-order valence-corrected chi connectivity index (χ2v) is 9.65. The number of benzene rings is 1. The van der Waals surface area contributed by atoms with Gasteiger partial charge in [0.25, 0.3) is 0 Å². The Hall–Kier alpha value is -1.06. The number of ketones is 1. The Morgan fingerprint density at radius 3 is 2.35 bits per heavy atom. The van der Waals surface area contributed by atoms with Crippen LogP contribution in [0.2, 0.25) is 24.7 Å². The maximum atomic E-state index is 11.2. The van der Waals surface area contributed by atoms with Gasteiger partial charge in [-0.05, 0) is 38.7 Å². The van der Waals surface area contributed by atoms with E-state index in [1.165, 1.54) is 13.0 Å². The van der Waals surface area contributed by atoms with Gasteiger partial charge >= 0.3 is 0 Å². The molecule has 0 fully saturated rings. The van der Waals surface area contributed by atoms with E-state index in [0.29, 0.717) is 10.8 Å². The molecule has 17 heavy (non-hydrogen) atoms. The van der Waals surface area contributed by atoms with E-state index < -0.39 is 8.32 Å². The first kappa shape index (κ1) is 14.0. The normalized spacial score (nSPS) is 12.4. The molecule has 0 heterocycles. The molecule has 0 spiro atoms. The lowest BCUT2D eigenvalue weighted by Gasteiger charge is -2.22. The van der Waals surface area contributed by atoms with Gasteiger partial charge in [-0.15, -0.1) is 0 Å². The molecule has 0 saturated heterocycles. The first-order valence-electron chi connectivity index (χ1n) is 5.46. The number of allylic oxidation sites excluding steroid dienone is 1. The maximum Gasteiger partial charge on any atom is 0.242 e. The summed E-state index contributed by atoms with van der Waals surface area (Å²) in [7, 11) is -1.77. The highest BCUT2D eigenvalue weighted by Gasteiger charge is 2.20. The Balaban J connectivity index is 3.17. The number of halogens is 1. The highest BCUT2D eigenvalue weighted by atomic mass is 35.5. The van der Waals surface area contributed by atoms with Crippen LogP contribution in [0.5, 0.6) is 0 Å². The molecule has 0 bridgehead atoms. The molecule has 0 aromatic heterocycles. The van der Waals surface area contributed by atoms with Gasteiger partial charge in [0.2, 0.25) is 8.32 Å². The summed E-state index contributed by atoms with van der Waals surface area (Å²) < 4.78 is 5.91. The topological polar surface area (TPSA) is 26.3 Å². The van der Waals surface area contributed by atoms with Crippen molar-refractivity contribution >= 4 is 31.5 Å². The molecule has 1 aromatic carbocycles. The van der Waals surface area contributed by atoms with E-state index in [1.54, 1.807) is 6.07 Å². The number of carbonyl (C=O) groups is 1. The molecule has 0 aliphatic rings. The van der Waals surface area contributed by atoms with Crippen molar-refractivity contribution in [3.63, 3.8) is 0 Å². The molecule has 2 nitrogen and oxygen atoms in total. The summed E-state index contributed by atoms with van der Waals surface area (Å²) in [6.45, 7) is 7.71. The molecule has 0 N–H and O–H groups in total. The fourth-order valence-corrected chi connectivity index (χ4v) is 2.40. The molecule has 4 heteroatoms. The second-order valence-electron chi connectivity index (χ2n) is 4.81. The third-order valence-electron chi connectivity index (χ3n) is 1.89. The van der Waals surface area contributed by atoms with Gasteiger partial charge in [0.15, 0.2) is 5.78 Å². The zero-order valence-electron chi connectivity index (χ0n) is 10.6. The highest BCUT2D eigenvalue weighted by molar-refractivity contribution is 6.70. The van der Waals surface area contributed by atoms with Crippen molar-refractivity contribution in [2.45, 2.75) is 26.6 Å². The summed E-state index contributed by atoms with van der Waals surface area (Å²) in [5, 5.41) is 0.596. The van der Waals surface area contributed by atoms with E-state index in [-0.39, 0.29) is 5.78 Å². The van der Waals surface area contributed by atoms with Crippen molar-refractivity contribution in [3.05, 3.63) is 40.9 Å². The summed E-state index contributed by atoms with van der Waals surface area (Å²) >= 11 is 6.11. The fourth-order valence-electron chi connectivity index (χ4n) is 1.34. The number of hydrogen-bond acceptors (Lipinski definition) is 2. The molecule has 0 unspecified atom stereocenters. The average molecular weight is 269 g/mol. The molecule has 1 rings (SSSR count). The van der Waals surface area contributed by atoms with E-state index >= 15 is 0 Å². The lowest BCUT2D eigenvalue weighted by atomic mass is 10.1. The van der Waals surface area contributed by atoms with Crippen LogP contribution in [0.25, 0.3) is 5.76 Å². The van der Waals surface area contributed by atoms with Crippen LogP contribution in [0.15, 0.2) is 30.3 Å². The van der Waals surface area contributed by atoms with Crippen LogP contribution in [0.3, 0.4) is 0 Å². The summed E-state index contributed by atoms with van der Waals surface area (Å²) in [6, 6.07) is 7.38. The first-order valence-corrected chi connectivity index (χ1v) is 9.24. The van der Waals surface area contributed by atoms with Gasteiger partial charge in [-0.2, -0.15) is 0 Å². The minimum absolute atomic E-state index is 0.0434. The first-order chi connectivity index (χ1) is 7.79. The molecule has 0 aliphatic carbocycles. The molecule has 92 valence electrons. The van der Waals surface area contributed by atoms with Crippen LogP contribution in [0, 0.1) is 0 Å². The molecular weight excluding hydrogens is 252 g/mol. The lowest BCUT2D eigenvalue weighted by Crippen LogP contribution is -2.24. The van der Waals surface area contributed by atoms with Crippen LogP contribution in [-0.2, 0) is 9.22 Å². The number of rotatable bonds is 4. The van der Waals surface area contributed by atoms with Crippen LogP contribution in [-0.4, -0.2) is 14.1 Å². The minimum Gasteiger partial charge on any atom is -0.544 e. The second kappa shape index (κ2) is 5.51. The SMILES string of the molecule is CC(=O)/C=C(/O[Si](C)(C)C)c1ccccc1Cl. The lowest BCUT2D eigenvalue weighted by molar-refractivity contribution is -0.112. The van der Waals surface area contributed by atoms with E-state index in [2.05, 4.69) is 19.6 Å². The Morgan fingerprint density at radius 2 is 1.88 bits per heavy atom. The van der Waals surface area contributed by atoms with Gasteiger partial charge in [0.05, 0.1) is 5.02 Å². The van der Waals surface area contributed by atoms with Crippen molar-refractivity contribution in [3.8, 4) is 0 Å². The smallest absolute Gasteiger partial charge is 0.242 e. The van der Waals surface area contributed by atoms with Gasteiger partial charge in [-0.3, -0.25) is 4.79 Å². The summed E-state index contributed by atoms with van der Waals surface area (Å²) in [5.74, 6) is 0.528. The number of hydrogen-bond donors (Lipinski definition) is 0. The van der Waals surface area contributed by atoms with Crippen molar-refractivity contribution < 1.29 is 9.22 Å². The van der Waals surface area contributed by atoms with Gasteiger partial charge in [0.1, 0.15) is 5.76 Å². The highest BCUT2D eigenvalue weighted by Crippen LogP contribution is 2.27. The Morgan fingerprint density at radius 1 is 1.29 bits per heavy atom. The fraction of sp³-hybridized carbons (Fsp3) is 0.308. The predicted molar refractivity (Wildman–Crippen MR) is 74.5 cm³/mol. The van der Waals surface area contributed by atoms with Crippen LogP contribution < -0.4 is 0 Å². The summed E-state index contributed by atoms with van der Waals surface area (Å²) in [4.78, 5) is 11.2. The average Bonchev–Trinajstić information content (AvgIpc) is 2.14. The quantitative estimate of drug-likeness (QED) is 0.466. The molecular formula is C13H17ClO2Si. The molecule has 1 aromatic rings. The monoisotopic (exact) mass is 268 g/mol. The molecule has 0 aliphatic heterocycles. The van der Waals surface area contributed by atoms with Crippen LogP contribution >= 0.6 is 11.6 Å². The minimum atomic E-state index is -1.77. The van der Waals surface area contributed by atoms with Crippen molar-refractivity contribution in [1.82, 2.24) is 0 Å². The predicted octanol–water partition coefficient (Wildman–Crippen LogP) is 4.12. The molecule has 0 saturated carbocycles. The zero-order valence-corrected chi connectivity index (χ0v) is 12.3. The van der Waals surface area contributed by atoms with Gasteiger partial charge < -0.3 is 4.43 Å². The summed E-state index contributed by atoms with van der Waals surface area (Å²) in [6.07, 6.45) is 1.50. The van der Waals surface area contributed by atoms with E-state index in [0.717, 1.165) is 5.56 Å². The summed E-state index contributed by atoms with van der Waals surface area (Å²) in [5.41, 5.74) is 0.770. The third-order valence-corrected chi connectivity index (χ3v) is 3.05. The van der Waals surface area contributed by atoms with Crippen molar-refractivity contribution in [2.75, 3.05) is 0 Å². The Labute approximate surface area is 108 Å². The zero-order chi connectivity index (χ0) is 13.1. The van der Waals surface area contributed by atoms with Gasteiger partial charge in [-0.1, -0.05) is 23.7 Å². The Bertz CT molecular complexity index is 447. The van der Waals surface area contributed by atoms with Crippen molar-refractivity contribution in [2.24, 2.45) is 0 Å². The van der Waals surface area contributed by atoms with E-state index in [9.17, 15) is 4.79 Å². The van der Waals surface area contributed by atoms with Crippen LogP contribution in [0.1, 0.15) is 12.5 Å². The molecule has 0 amide bonds. The van der Waals surface area contributed by atoms with Gasteiger partial charge in [0, 0.05) is 11.6 Å². The van der Waals surface area contributed by atoms with E-state index in [1.807, 2.05) is 18.2 Å². The van der Waals surface area contributed by atoms with E-state index in [4.69, 9.17) is 16.0 Å². The third kappa shape index (κ3) is 4.75. The van der Waals surface area contributed by atoms with Crippen molar-refractivity contribution in [1.29, 1.82) is 0 Å². The van der Waals surface area contributed by atoms with Crippen LogP contribution in [0.4, 0.5) is 0 Å². The Kier molecular flexibility index (Phi) is 4.54. The maximum absolute atomic E-state index is 11.2. The number of carbonyl (C=O) groups excluding carboxylic acids is 1. The largest absolute Gasteiger partial charge is 0.544 e. The molecule has 0 radical (unpaired) electrons.